The molecule has 1 heterocycles. The first kappa shape index (κ1) is 13.4. The lowest BCUT2D eigenvalue weighted by molar-refractivity contribution is 0.415. The number of rotatable bonds is 2. The molecule has 0 atom stereocenters. The summed E-state index contributed by atoms with van der Waals surface area (Å²) in [6.07, 6.45) is 2.12. The summed E-state index contributed by atoms with van der Waals surface area (Å²) < 4.78 is 5.38. The van der Waals surface area contributed by atoms with Gasteiger partial charge in [-0.3, -0.25) is 0 Å². The van der Waals surface area contributed by atoms with Crippen LogP contribution in [0.25, 0.3) is 32.6 Å². The summed E-state index contributed by atoms with van der Waals surface area (Å²) >= 11 is 1.78. The van der Waals surface area contributed by atoms with Gasteiger partial charge < -0.3 is 4.74 Å². The predicted octanol–water partition coefficient (Wildman–Crippen LogP) is 5.27. The molecule has 108 valence electrons. The summed E-state index contributed by atoms with van der Waals surface area (Å²) in [6, 6.07) is 18.8. The molecule has 1 aromatic heterocycles. The SMILES string of the molecule is COc1ccc2ccc3c(SC)c4ccccc4nc3c2c1. The van der Waals surface area contributed by atoms with Gasteiger partial charge in [-0.1, -0.05) is 36.4 Å². The second kappa shape index (κ2) is 5.18. The molecule has 0 aliphatic carbocycles. The maximum Gasteiger partial charge on any atom is 0.119 e. The van der Waals surface area contributed by atoms with Gasteiger partial charge in [0.05, 0.1) is 18.1 Å². The monoisotopic (exact) mass is 305 g/mol. The number of ether oxygens (including phenoxy) is 1. The average molecular weight is 305 g/mol. The lowest BCUT2D eigenvalue weighted by Gasteiger charge is -2.11. The van der Waals surface area contributed by atoms with Gasteiger partial charge in [-0.15, -0.1) is 11.8 Å². The van der Waals surface area contributed by atoms with Crippen molar-refractivity contribution in [2.75, 3.05) is 13.4 Å². The molecule has 4 aromatic rings. The summed E-state index contributed by atoms with van der Waals surface area (Å²) in [7, 11) is 1.70. The summed E-state index contributed by atoms with van der Waals surface area (Å²) in [6.45, 7) is 0. The van der Waals surface area contributed by atoms with Gasteiger partial charge >= 0.3 is 0 Å². The van der Waals surface area contributed by atoms with Crippen LogP contribution >= 0.6 is 11.8 Å². The van der Waals surface area contributed by atoms with Crippen LogP contribution in [0.2, 0.25) is 0 Å². The number of fused-ring (bicyclic) bond motifs is 4. The van der Waals surface area contributed by atoms with E-state index in [1.54, 1.807) is 18.9 Å². The Morgan fingerprint density at radius 3 is 2.55 bits per heavy atom. The minimum Gasteiger partial charge on any atom is -0.497 e. The number of para-hydroxylation sites is 1. The Morgan fingerprint density at radius 1 is 0.909 bits per heavy atom. The van der Waals surface area contributed by atoms with E-state index in [-0.39, 0.29) is 0 Å². The summed E-state index contributed by atoms with van der Waals surface area (Å²) in [5, 5.41) is 4.73. The molecule has 3 aromatic carbocycles. The number of thioether (sulfide) groups is 1. The van der Waals surface area contributed by atoms with Gasteiger partial charge in [0.25, 0.3) is 0 Å². The van der Waals surface area contributed by atoms with Crippen LogP contribution in [0, 0.1) is 0 Å². The third kappa shape index (κ3) is 1.93. The largest absolute Gasteiger partial charge is 0.497 e. The van der Waals surface area contributed by atoms with Gasteiger partial charge in [-0.25, -0.2) is 4.98 Å². The first-order valence-corrected chi connectivity index (χ1v) is 8.37. The van der Waals surface area contributed by atoms with E-state index in [1.807, 2.05) is 12.1 Å². The second-order valence-electron chi connectivity index (χ2n) is 5.21. The average Bonchev–Trinajstić information content (AvgIpc) is 2.59. The molecule has 0 spiro atoms. The fraction of sp³-hybridized carbons (Fsp3) is 0.105. The molecule has 2 nitrogen and oxygen atoms in total. The zero-order valence-electron chi connectivity index (χ0n) is 12.5. The lowest BCUT2D eigenvalue weighted by atomic mass is 10.0. The minimum atomic E-state index is 0.862. The highest BCUT2D eigenvalue weighted by molar-refractivity contribution is 7.99. The van der Waals surface area contributed by atoms with Crippen molar-refractivity contribution in [3.05, 3.63) is 54.6 Å². The number of hydrogen-bond donors (Lipinski definition) is 0. The second-order valence-corrected chi connectivity index (χ2v) is 6.03. The predicted molar refractivity (Wildman–Crippen MR) is 95.1 cm³/mol. The van der Waals surface area contributed by atoms with Crippen molar-refractivity contribution in [1.29, 1.82) is 0 Å². The molecule has 0 radical (unpaired) electrons. The van der Waals surface area contributed by atoms with Gasteiger partial charge in [-0.2, -0.15) is 0 Å². The summed E-state index contributed by atoms with van der Waals surface area (Å²) in [4.78, 5) is 6.20. The van der Waals surface area contributed by atoms with E-state index < -0.39 is 0 Å². The van der Waals surface area contributed by atoms with Crippen LogP contribution in [-0.2, 0) is 0 Å². The zero-order chi connectivity index (χ0) is 15.1. The van der Waals surface area contributed by atoms with E-state index in [0.717, 1.165) is 22.2 Å². The highest BCUT2D eigenvalue weighted by atomic mass is 32.2. The molecule has 0 aliphatic heterocycles. The topological polar surface area (TPSA) is 22.1 Å². The van der Waals surface area contributed by atoms with E-state index in [2.05, 4.69) is 48.7 Å². The molecule has 4 rings (SSSR count). The van der Waals surface area contributed by atoms with E-state index in [1.165, 1.54) is 21.1 Å². The van der Waals surface area contributed by atoms with E-state index >= 15 is 0 Å². The number of hydrogen-bond acceptors (Lipinski definition) is 3. The maximum atomic E-state index is 5.38. The molecule has 0 saturated carbocycles. The van der Waals surface area contributed by atoms with Crippen molar-refractivity contribution < 1.29 is 4.74 Å². The van der Waals surface area contributed by atoms with Gasteiger partial charge in [0.15, 0.2) is 0 Å². The van der Waals surface area contributed by atoms with Crippen molar-refractivity contribution in [3.8, 4) is 5.75 Å². The van der Waals surface area contributed by atoms with Crippen molar-refractivity contribution in [2.24, 2.45) is 0 Å². The number of methoxy groups -OCH3 is 1. The number of benzene rings is 3. The summed E-state index contributed by atoms with van der Waals surface area (Å²) in [5.41, 5.74) is 2.08. The minimum absolute atomic E-state index is 0.862. The smallest absolute Gasteiger partial charge is 0.119 e. The Bertz CT molecular complexity index is 1010. The molecule has 0 bridgehead atoms. The normalized spacial score (nSPS) is 11.4. The Balaban J connectivity index is 2.23. The van der Waals surface area contributed by atoms with Gasteiger partial charge in [0.2, 0.25) is 0 Å². The van der Waals surface area contributed by atoms with Crippen LogP contribution in [0.1, 0.15) is 0 Å². The van der Waals surface area contributed by atoms with Crippen molar-refractivity contribution in [2.45, 2.75) is 4.90 Å². The van der Waals surface area contributed by atoms with E-state index in [4.69, 9.17) is 9.72 Å². The Kier molecular flexibility index (Phi) is 3.16. The van der Waals surface area contributed by atoms with Crippen LogP contribution in [0.4, 0.5) is 0 Å². The van der Waals surface area contributed by atoms with Crippen molar-refractivity contribution in [3.63, 3.8) is 0 Å². The molecule has 0 N–H and O–H groups in total. The van der Waals surface area contributed by atoms with Crippen LogP contribution in [0.15, 0.2) is 59.5 Å². The van der Waals surface area contributed by atoms with Crippen LogP contribution in [0.3, 0.4) is 0 Å². The van der Waals surface area contributed by atoms with Gasteiger partial charge in [0, 0.05) is 21.1 Å². The Labute approximate surface area is 133 Å². The molecule has 0 aliphatic rings. The molecular weight excluding hydrogens is 290 g/mol. The fourth-order valence-electron chi connectivity index (χ4n) is 2.96. The molecule has 0 unspecified atom stereocenters. The molecule has 0 saturated heterocycles. The quantitative estimate of drug-likeness (QED) is 0.286. The highest BCUT2D eigenvalue weighted by Gasteiger charge is 2.11. The molecule has 3 heteroatoms. The number of nitrogens with zero attached hydrogens (tertiary/aromatic N) is 1. The van der Waals surface area contributed by atoms with Crippen LogP contribution in [0.5, 0.6) is 5.75 Å². The first-order valence-electron chi connectivity index (χ1n) is 7.15. The van der Waals surface area contributed by atoms with Gasteiger partial charge in [-0.05, 0) is 29.8 Å². The lowest BCUT2D eigenvalue weighted by Crippen LogP contribution is -1.89. The van der Waals surface area contributed by atoms with Crippen LogP contribution in [-0.4, -0.2) is 18.3 Å². The van der Waals surface area contributed by atoms with E-state index in [9.17, 15) is 0 Å². The number of pyridine rings is 1. The third-order valence-electron chi connectivity index (χ3n) is 4.03. The molecular formula is C19H15NOS. The Morgan fingerprint density at radius 2 is 1.73 bits per heavy atom. The molecule has 0 fully saturated rings. The molecule has 0 amide bonds. The van der Waals surface area contributed by atoms with Crippen molar-refractivity contribution >= 4 is 44.3 Å². The molecule has 22 heavy (non-hydrogen) atoms. The van der Waals surface area contributed by atoms with Crippen molar-refractivity contribution in [1.82, 2.24) is 4.98 Å². The van der Waals surface area contributed by atoms with Gasteiger partial charge in [0.1, 0.15) is 5.75 Å². The zero-order valence-corrected chi connectivity index (χ0v) is 13.3. The summed E-state index contributed by atoms with van der Waals surface area (Å²) in [5.74, 6) is 0.862. The van der Waals surface area contributed by atoms with Crippen LogP contribution < -0.4 is 4.74 Å². The fourth-order valence-corrected chi connectivity index (χ4v) is 3.74. The first-order chi connectivity index (χ1) is 10.8. The third-order valence-corrected chi connectivity index (χ3v) is 4.88. The van der Waals surface area contributed by atoms with E-state index in [0.29, 0.717) is 0 Å². The number of aromatic nitrogens is 1. The Hall–Kier alpha value is -2.26. The standard InChI is InChI=1S/C19H15NOS/c1-21-13-9-7-12-8-10-15-18(16(12)11-13)20-17-6-4-3-5-14(17)19(15)22-2/h3-11H,1-2H3. The maximum absolute atomic E-state index is 5.38. The highest BCUT2D eigenvalue weighted by Crippen LogP contribution is 2.36.